The number of phenolic OH excluding ortho intramolecular Hbond substituents is 3. The monoisotopic (exact) mass is 506 g/mol. The van der Waals surface area contributed by atoms with Gasteiger partial charge in [0, 0.05) is 16.7 Å². The first-order valence-electron chi connectivity index (χ1n) is 12.5. The summed E-state index contributed by atoms with van der Waals surface area (Å²) >= 11 is 0. The molecule has 1 aliphatic heterocycles. The van der Waals surface area contributed by atoms with E-state index in [1.807, 2.05) is 65.8 Å². The third kappa shape index (κ3) is 6.19. The van der Waals surface area contributed by atoms with Gasteiger partial charge in [-0.3, -0.25) is 4.79 Å². The summed E-state index contributed by atoms with van der Waals surface area (Å²) < 4.78 is 11.8. The summed E-state index contributed by atoms with van der Waals surface area (Å²) in [6.45, 7) is 11.8. The molecular weight excluding hydrogens is 468 g/mol. The van der Waals surface area contributed by atoms with Crippen LogP contribution < -0.4 is 9.47 Å². The normalized spacial score (nSPS) is 14.4. The van der Waals surface area contributed by atoms with Crippen molar-refractivity contribution < 1.29 is 29.6 Å². The summed E-state index contributed by atoms with van der Waals surface area (Å²) in [5.41, 5.74) is 5.44. The van der Waals surface area contributed by atoms with E-state index >= 15 is 0 Å². The van der Waals surface area contributed by atoms with E-state index in [2.05, 4.69) is 0 Å². The summed E-state index contributed by atoms with van der Waals surface area (Å²) in [4.78, 5) is 13.5. The van der Waals surface area contributed by atoms with Crippen molar-refractivity contribution in [1.29, 1.82) is 0 Å². The number of methoxy groups -OCH3 is 1. The van der Waals surface area contributed by atoms with E-state index in [4.69, 9.17) is 9.47 Å². The lowest BCUT2D eigenvalue weighted by Crippen LogP contribution is -2.22. The second-order valence-electron chi connectivity index (χ2n) is 10.3. The Kier molecular flexibility index (Phi) is 8.74. The molecule has 1 unspecified atom stereocenters. The molecule has 37 heavy (non-hydrogen) atoms. The average molecular weight is 507 g/mol. The minimum Gasteiger partial charge on any atom is -0.507 e. The smallest absolute Gasteiger partial charge is 0.174 e. The average Bonchev–Trinajstić information content (AvgIpc) is 2.82. The predicted octanol–water partition coefficient (Wildman–Crippen LogP) is 7.04. The van der Waals surface area contributed by atoms with Crippen molar-refractivity contribution in [2.75, 3.05) is 7.11 Å². The van der Waals surface area contributed by atoms with Crippen molar-refractivity contribution in [2.45, 2.75) is 73.3 Å². The van der Waals surface area contributed by atoms with Gasteiger partial charge in [-0.1, -0.05) is 34.9 Å². The number of carbonyl (C=O) groups excluding carboxylic acids is 1. The van der Waals surface area contributed by atoms with Gasteiger partial charge in [0.1, 0.15) is 28.9 Å². The highest BCUT2D eigenvalue weighted by atomic mass is 16.5. The molecule has 0 aromatic heterocycles. The van der Waals surface area contributed by atoms with Crippen LogP contribution in [0.25, 0.3) is 0 Å². The minimum absolute atomic E-state index is 0.00548. The van der Waals surface area contributed by atoms with Crippen LogP contribution in [0, 0.1) is 0 Å². The summed E-state index contributed by atoms with van der Waals surface area (Å²) in [6, 6.07) is 3.49. The molecule has 6 heteroatoms. The number of ketones is 1. The fourth-order valence-corrected chi connectivity index (χ4v) is 4.34. The van der Waals surface area contributed by atoms with Gasteiger partial charge in [0.2, 0.25) is 0 Å². The van der Waals surface area contributed by atoms with Crippen LogP contribution in [-0.4, -0.2) is 28.2 Å². The molecule has 0 radical (unpaired) electrons. The van der Waals surface area contributed by atoms with Crippen LogP contribution in [0.2, 0.25) is 0 Å². The quantitative estimate of drug-likeness (QED) is 0.332. The molecule has 0 spiro atoms. The van der Waals surface area contributed by atoms with Crippen molar-refractivity contribution in [3.63, 3.8) is 0 Å². The Morgan fingerprint density at radius 1 is 0.865 bits per heavy atom. The molecule has 6 nitrogen and oxygen atoms in total. The number of rotatable bonds is 8. The highest BCUT2D eigenvalue weighted by Gasteiger charge is 2.36. The SMILES string of the molecule is COc1cc(C2CC(=O)c3c(O)c(CC=C(C)C)c(O)c(CC=C(C)C)c3O2)cc(CC=C(C)C)c1O. The fraction of sp³-hybridized carbons (Fsp3) is 0.387. The Labute approximate surface area is 219 Å². The maximum absolute atomic E-state index is 13.5. The molecule has 0 amide bonds. The van der Waals surface area contributed by atoms with Crippen LogP contribution in [0.4, 0.5) is 0 Å². The molecule has 0 saturated carbocycles. The predicted molar refractivity (Wildman–Crippen MR) is 146 cm³/mol. The van der Waals surface area contributed by atoms with E-state index < -0.39 is 6.10 Å². The van der Waals surface area contributed by atoms with Crippen LogP contribution >= 0.6 is 0 Å². The summed E-state index contributed by atoms with van der Waals surface area (Å²) in [5, 5.41) is 32.9. The lowest BCUT2D eigenvalue weighted by Gasteiger charge is -2.30. The van der Waals surface area contributed by atoms with Gasteiger partial charge in [-0.05, 0) is 78.5 Å². The number of fused-ring (bicyclic) bond motifs is 1. The third-order valence-corrected chi connectivity index (χ3v) is 6.43. The van der Waals surface area contributed by atoms with Gasteiger partial charge < -0.3 is 24.8 Å². The summed E-state index contributed by atoms with van der Waals surface area (Å²) in [6.07, 6.45) is 6.34. The van der Waals surface area contributed by atoms with Gasteiger partial charge in [-0.15, -0.1) is 0 Å². The number of ether oxygens (including phenoxy) is 2. The Balaban J connectivity index is 2.17. The van der Waals surface area contributed by atoms with E-state index in [0.29, 0.717) is 47.3 Å². The zero-order valence-electron chi connectivity index (χ0n) is 22.9. The number of phenols is 3. The molecule has 0 fully saturated rings. The van der Waals surface area contributed by atoms with Crippen LogP contribution in [0.1, 0.15) is 86.7 Å². The molecule has 198 valence electrons. The van der Waals surface area contributed by atoms with Crippen LogP contribution in [0.15, 0.2) is 47.1 Å². The molecule has 0 bridgehead atoms. The Hall–Kier alpha value is -3.67. The van der Waals surface area contributed by atoms with Gasteiger partial charge in [0.15, 0.2) is 17.3 Å². The zero-order valence-corrected chi connectivity index (χ0v) is 22.9. The first kappa shape index (κ1) is 27.9. The molecule has 3 rings (SSSR count). The van der Waals surface area contributed by atoms with Crippen LogP contribution in [0.5, 0.6) is 28.7 Å². The third-order valence-electron chi connectivity index (χ3n) is 6.43. The number of carbonyl (C=O) groups is 1. The number of hydrogen-bond acceptors (Lipinski definition) is 6. The maximum atomic E-state index is 13.5. The lowest BCUT2D eigenvalue weighted by molar-refractivity contribution is 0.0841. The Bertz CT molecular complexity index is 1280. The molecular formula is C31H38O6. The lowest BCUT2D eigenvalue weighted by atomic mass is 9.88. The minimum atomic E-state index is -0.673. The van der Waals surface area contributed by atoms with E-state index in [-0.39, 0.29) is 40.8 Å². The summed E-state index contributed by atoms with van der Waals surface area (Å²) in [5.74, 6) is -0.0148. The largest absolute Gasteiger partial charge is 0.507 e. The molecule has 2 aromatic carbocycles. The van der Waals surface area contributed by atoms with Crippen molar-refractivity contribution in [3.05, 3.63) is 74.9 Å². The maximum Gasteiger partial charge on any atom is 0.174 e. The van der Waals surface area contributed by atoms with Gasteiger partial charge in [0.05, 0.1) is 13.5 Å². The number of allylic oxidation sites excluding steroid dienone is 6. The van der Waals surface area contributed by atoms with Gasteiger partial charge in [-0.25, -0.2) is 0 Å². The van der Waals surface area contributed by atoms with Gasteiger partial charge >= 0.3 is 0 Å². The Morgan fingerprint density at radius 2 is 1.43 bits per heavy atom. The van der Waals surface area contributed by atoms with Gasteiger partial charge in [-0.2, -0.15) is 0 Å². The Morgan fingerprint density at radius 3 is 2.00 bits per heavy atom. The van der Waals surface area contributed by atoms with Crippen LogP contribution in [0.3, 0.4) is 0 Å². The van der Waals surface area contributed by atoms with E-state index in [9.17, 15) is 20.1 Å². The van der Waals surface area contributed by atoms with E-state index in [0.717, 1.165) is 16.7 Å². The first-order chi connectivity index (χ1) is 17.4. The van der Waals surface area contributed by atoms with E-state index in [1.165, 1.54) is 7.11 Å². The van der Waals surface area contributed by atoms with Crippen molar-refractivity contribution in [1.82, 2.24) is 0 Å². The van der Waals surface area contributed by atoms with Crippen LogP contribution in [-0.2, 0) is 19.3 Å². The van der Waals surface area contributed by atoms with Gasteiger partial charge in [0.25, 0.3) is 0 Å². The van der Waals surface area contributed by atoms with E-state index in [1.54, 1.807) is 6.07 Å². The second kappa shape index (κ2) is 11.6. The number of benzene rings is 2. The molecule has 0 aliphatic carbocycles. The molecule has 0 saturated heterocycles. The summed E-state index contributed by atoms with van der Waals surface area (Å²) in [7, 11) is 1.48. The molecule has 1 heterocycles. The van der Waals surface area contributed by atoms with Crippen molar-refractivity contribution in [3.8, 4) is 28.7 Å². The highest BCUT2D eigenvalue weighted by molar-refractivity contribution is 6.04. The highest BCUT2D eigenvalue weighted by Crippen LogP contribution is 2.49. The molecule has 1 aliphatic rings. The fourth-order valence-electron chi connectivity index (χ4n) is 4.34. The molecule has 2 aromatic rings. The molecule has 3 N–H and O–H groups in total. The second-order valence-corrected chi connectivity index (χ2v) is 10.3. The first-order valence-corrected chi connectivity index (χ1v) is 12.5. The topological polar surface area (TPSA) is 96.2 Å². The molecule has 1 atom stereocenters. The number of Topliss-reactive ketones (excluding diaryl/α,β-unsaturated/α-hetero) is 1. The van der Waals surface area contributed by atoms with Crippen molar-refractivity contribution >= 4 is 5.78 Å². The van der Waals surface area contributed by atoms with Crippen molar-refractivity contribution in [2.24, 2.45) is 0 Å². The number of hydrogen-bond donors (Lipinski definition) is 3. The zero-order chi connectivity index (χ0) is 27.4. The standard InChI is InChI=1S/C31H38O6/c1-17(2)8-11-20-14-21(15-26(36-7)28(20)33)25-16-24(32)27-30(35)22(12-9-18(3)4)29(34)23(31(27)37-25)13-10-19(5)6/h8-10,14-15,25,33-35H,11-13,16H2,1-7H3. The number of aromatic hydroxyl groups is 3.